The summed E-state index contributed by atoms with van der Waals surface area (Å²) in [7, 11) is 0. The maximum atomic E-state index is 5.95. The number of hydrogen-bond acceptors (Lipinski definition) is 5. The van der Waals surface area contributed by atoms with E-state index in [1.165, 1.54) is 0 Å². The first kappa shape index (κ1) is 12.5. The Hall–Kier alpha value is -0.940. The summed E-state index contributed by atoms with van der Waals surface area (Å²) in [5.41, 5.74) is 5.59. The van der Waals surface area contributed by atoms with Gasteiger partial charge in [-0.3, -0.25) is 0 Å². The van der Waals surface area contributed by atoms with Crippen LogP contribution in [-0.2, 0) is 16.8 Å². The van der Waals surface area contributed by atoms with Crippen LogP contribution in [0.1, 0.15) is 51.2 Å². The summed E-state index contributed by atoms with van der Waals surface area (Å²) in [6.45, 7) is 4.91. The Balaban J connectivity index is 2.00. The Morgan fingerprint density at radius 3 is 3.00 bits per heavy atom. The first-order valence-electron chi connectivity index (χ1n) is 6.36. The lowest BCUT2D eigenvalue weighted by molar-refractivity contribution is 0.00768. The Morgan fingerprint density at radius 2 is 2.35 bits per heavy atom. The molecule has 5 nitrogen and oxygen atoms in total. The second-order valence-electron chi connectivity index (χ2n) is 4.95. The van der Waals surface area contributed by atoms with E-state index in [9.17, 15) is 0 Å². The van der Waals surface area contributed by atoms with Gasteiger partial charge in [0.15, 0.2) is 0 Å². The molecule has 0 spiro atoms. The van der Waals surface area contributed by atoms with E-state index >= 15 is 0 Å². The van der Waals surface area contributed by atoms with Crippen LogP contribution in [0.5, 0.6) is 0 Å². The highest BCUT2D eigenvalue weighted by atomic mass is 16.5. The molecule has 2 unspecified atom stereocenters. The van der Waals surface area contributed by atoms with Crippen molar-refractivity contribution in [2.45, 2.75) is 57.6 Å². The highest BCUT2D eigenvalue weighted by Crippen LogP contribution is 2.33. The SMILES string of the molecule is CCCC(N)Cc1nc(C2(C)CCCO2)no1. The Kier molecular flexibility index (Phi) is 3.79. The van der Waals surface area contributed by atoms with Gasteiger partial charge in [0.1, 0.15) is 5.60 Å². The summed E-state index contributed by atoms with van der Waals surface area (Å²) in [4.78, 5) is 4.40. The molecule has 2 heterocycles. The van der Waals surface area contributed by atoms with Crippen molar-refractivity contribution in [2.75, 3.05) is 6.61 Å². The van der Waals surface area contributed by atoms with Crippen molar-refractivity contribution in [2.24, 2.45) is 5.73 Å². The summed E-state index contributed by atoms with van der Waals surface area (Å²) in [6, 6.07) is 0.102. The molecular formula is C12H21N3O2. The van der Waals surface area contributed by atoms with Crippen molar-refractivity contribution < 1.29 is 9.26 Å². The van der Waals surface area contributed by atoms with E-state index < -0.39 is 0 Å². The smallest absolute Gasteiger partial charge is 0.228 e. The number of aromatic nitrogens is 2. The van der Waals surface area contributed by atoms with Gasteiger partial charge in [0, 0.05) is 19.1 Å². The average molecular weight is 239 g/mol. The Morgan fingerprint density at radius 1 is 1.53 bits per heavy atom. The van der Waals surface area contributed by atoms with Crippen molar-refractivity contribution >= 4 is 0 Å². The van der Waals surface area contributed by atoms with Crippen LogP contribution < -0.4 is 5.73 Å². The van der Waals surface area contributed by atoms with Gasteiger partial charge in [-0.2, -0.15) is 4.98 Å². The molecule has 0 saturated carbocycles. The predicted octanol–water partition coefficient (Wildman–Crippen LogP) is 1.77. The van der Waals surface area contributed by atoms with Crippen LogP contribution in [0.25, 0.3) is 0 Å². The van der Waals surface area contributed by atoms with Crippen molar-refractivity contribution in [1.82, 2.24) is 10.1 Å². The normalized spacial score (nSPS) is 26.3. The third kappa shape index (κ3) is 2.84. The third-order valence-corrected chi connectivity index (χ3v) is 3.26. The zero-order valence-electron chi connectivity index (χ0n) is 10.6. The lowest BCUT2D eigenvalue weighted by atomic mass is 10.0. The minimum Gasteiger partial charge on any atom is -0.367 e. The van der Waals surface area contributed by atoms with Gasteiger partial charge in [0.25, 0.3) is 0 Å². The number of hydrogen-bond donors (Lipinski definition) is 1. The molecule has 0 aromatic carbocycles. The van der Waals surface area contributed by atoms with E-state index in [4.69, 9.17) is 15.0 Å². The molecule has 2 atom stereocenters. The highest BCUT2D eigenvalue weighted by Gasteiger charge is 2.36. The average Bonchev–Trinajstić information content (AvgIpc) is 2.88. The molecule has 17 heavy (non-hydrogen) atoms. The second kappa shape index (κ2) is 5.14. The van der Waals surface area contributed by atoms with Gasteiger partial charge in [-0.25, -0.2) is 0 Å². The van der Waals surface area contributed by atoms with Gasteiger partial charge < -0.3 is 15.0 Å². The molecule has 1 fully saturated rings. The molecule has 0 amide bonds. The molecule has 2 rings (SSSR count). The molecular weight excluding hydrogens is 218 g/mol. The van der Waals surface area contributed by atoms with Gasteiger partial charge in [0.2, 0.25) is 11.7 Å². The summed E-state index contributed by atoms with van der Waals surface area (Å²) >= 11 is 0. The van der Waals surface area contributed by atoms with Crippen molar-refractivity contribution in [3.8, 4) is 0 Å². The maximum Gasteiger partial charge on any atom is 0.228 e. The monoisotopic (exact) mass is 239 g/mol. The van der Waals surface area contributed by atoms with E-state index in [1.807, 2.05) is 6.92 Å². The van der Waals surface area contributed by atoms with Gasteiger partial charge in [-0.15, -0.1) is 0 Å². The molecule has 5 heteroatoms. The molecule has 0 radical (unpaired) electrons. The van der Waals surface area contributed by atoms with Crippen LogP contribution in [0, 0.1) is 0 Å². The molecule has 1 aromatic heterocycles. The molecule has 1 saturated heterocycles. The van der Waals surface area contributed by atoms with E-state index in [1.54, 1.807) is 0 Å². The van der Waals surface area contributed by atoms with Crippen LogP contribution in [0.2, 0.25) is 0 Å². The molecule has 1 aromatic rings. The standard InChI is InChI=1S/C12H21N3O2/c1-3-5-9(13)8-10-14-11(15-17-10)12(2)6-4-7-16-12/h9H,3-8,13H2,1-2H3. The van der Waals surface area contributed by atoms with Gasteiger partial charge in [0.05, 0.1) is 0 Å². The minimum atomic E-state index is -0.364. The van der Waals surface area contributed by atoms with Crippen LogP contribution >= 0.6 is 0 Å². The van der Waals surface area contributed by atoms with Crippen molar-refractivity contribution in [1.29, 1.82) is 0 Å². The maximum absolute atomic E-state index is 5.95. The second-order valence-corrected chi connectivity index (χ2v) is 4.95. The number of nitrogens with zero attached hydrogens (tertiary/aromatic N) is 2. The number of ether oxygens (including phenoxy) is 1. The lowest BCUT2D eigenvalue weighted by Crippen LogP contribution is -2.23. The first-order chi connectivity index (χ1) is 8.14. The summed E-state index contributed by atoms with van der Waals surface area (Å²) in [5.74, 6) is 1.28. The lowest BCUT2D eigenvalue weighted by Gasteiger charge is -2.17. The van der Waals surface area contributed by atoms with Crippen LogP contribution in [0.4, 0.5) is 0 Å². The fourth-order valence-corrected chi connectivity index (χ4v) is 2.21. The summed E-state index contributed by atoms with van der Waals surface area (Å²) in [5, 5.41) is 4.02. The highest BCUT2D eigenvalue weighted by molar-refractivity contribution is 5.02. The van der Waals surface area contributed by atoms with Crippen molar-refractivity contribution in [3.05, 3.63) is 11.7 Å². The molecule has 2 N–H and O–H groups in total. The molecule has 0 bridgehead atoms. The fourth-order valence-electron chi connectivity index (χ4n) is 2.21. The van der Waals surface area contributed by atoms with Crippen LogP contribution in [-0.4, -0.2) is 22.8 Å². The summed E-state index contributed by atoms with van der Waals surface area (Å²) < 4.78 is 10.9. The molecule has 96 valence electrons. The van der Waals surface area contributed by atoms with Crippen LogP contribution in [0.15, 0.2) is 4.52 Å². The largest absolute Gasteiger partial charge is 0.367 e. The topological polar surface area (TPSA) is 74.2 Å². The zero-order chi connectivity index (χ0) is 12.3. The first-order valence-corrected chi connectivity index (χ1v) is 6.36. The number of nitrogens with two attached hydrogens (primary N) is 1. The number of rotatable bonds is 5. The summed E-state index contributed by atoms with van der Waals surface area (Å²) in [6.07, 6.45) is 4.70. The fraction of sp³-hybridized carbons (Fsp3) is 0.833. The molecule has 0 aliphatic carbocycles. The molecule has 1 aliphatic heterocycles. The van der Waals surface area contributed by atoms with Gasteiger partial charge >= 0.3 is 0 Å². The zero-order valence-corrected chi connectivity index (χ0v) is 10.6. The Labute approximate surface area is 102 Å². The molecule has 1 aliphatic rings. The quantitative estimate of drug-likeness (QED) is 0.847. The predicted molar refractivity (Wildman–Crippen MR) is 63.4 cm³/mol. The van der Waals surface area contributed by atoms with E-state index in [0.717, 1.165) is 32.3 Å². The Bertz CT molecular complexity index is 358. The minimum absolute atomic E-state index is 0.102. The van der Waals surface area contributed by atoms with Crippen LogP contribution in [0.3, 0.4) is 0 Å². The van der Waals surface area contributed by atoms with E-state index in [2.05, 4.69) is 17.1 Å². The van der Waals surface area contributed by atoms with Gasteiger partial charge in [-0.1, -0.05) is 18.5 Å². The van der Waals surface area contributed by atoms with E-state index in [0.29, 0.717) is 18.1 Å². The van der Waals surface area contributed by atoms with Gasteiger partial charge in [-0.05, 0) is 26.2 Å². The van der Waals surface area contributed by atoms with Crippen molar-refractivity contribution in [3.63, 3.8) is 0 Å². The van der Waals surface area contributed by atoms with E-state index in [-0.39, 0.29) is 11.6 Å². The third-order valence-electron chi connectivity index (χ3n) is 3.26.